The topological polar surface area (TPSA) is 81.0 Å². The molecule has 0 saturated carbocycles. The lowest BCUT2D eigenvalue weighted by Crippen LogP contribution is -2.41. The molecular weight excluding hydrogens is 500 g/mol. The van der Waals surface area contributed by atoms with Gasteiger partial charge in [0.15, 0.2) is 0 Å². The highest BCUT2D eigenvalue weighted by Gasteiger charge is 2.31. The molecule has 1 saturated heterocycles. The van der Waals surface area contributed by atoms with E-state index in [-0.39, 0.29) is 23.3 Å². The largest absolute Gasteiger partial charge is 0.508 e. The van der Waals surface area contributed by atoms with E-state index in [4.69, 9.17) is 0 Å². The average Bonchev–Trinajstić information content (AvgIpc) is 3.55. The zero-order valence-electron chi connectivity index (χ0n) is 23.7. The van der Waals surface area contributed by atoms with Crippen molar-refractivity contribution in [2.24, 2.45) is 0 Å². The number of benzene rings is 3. The number of fused-ring (bicyclic) bond motifs is 1. The fraction of sp³-hybridized carbons (Fsp3) is 0.364. The van der Waals surface area contributed by atoms with Crippen molar-refractivity contribution in [1.29, 1.82) is 0 Å². The minimum absolute atomic E-state index is 0.0736. The lowest BCUT2D eigenvalue weighted by molar-refractivity contribution is 0.0930. The van der Waals surface area contributed by atoms with Crippen LogP contribution < -0.4 is 5.32 Å². The quantitative estimate of drug-likeness (QED) is 0.264. The van der Waals surface area contributed by atoms with E-state index in [1.807, 2.05) is 50.5 Å². The third-order valence-corrected chi connectivity index (χ3v) is 8.14. The van der Waals surface area contributed by atoms with Crippen LogP contribution in [-0.4, -0.2) is 76.8 Å². The van der Waals surface area contributed by atoms with E-state index in [9.17, 15) is 15.0 Å². The number of carbonyl (C=O) groups excluding carboxylic acids is 1. The number of aromatic hydroxyl groups is 2. The van der Waals surface area contributed by atoms with Crippen LogP contribution in [0.4, 0.5) is 0 Å². The number of rotatable bonds is 10. The molecule has 210 valence electrons. The Hall–Kier alpha value is -3.81. The second-order valence-electron chi connectivity index (χ2n) is 11.0. The first-order chi connectivity index (χ1) is 19.4. The number of phenolic OH excluding ortho intramolecular Hbond substituents is 2. The predicted octanol–water partition coefficient (Wildman–Crippen LogP) is 5.01. The Morgan fingerprint density at radius 3 is 2.20 bits per heavy atom. The molecule has 0 bridgehead atoms. The minimum Gasteiger partial charge on any atom is -0.508 e. The van der Waals surface area contributed by atoms with Crippen LogP contribution in [0.3, 0.4) is 0 Å². The third-order valence-electron chi connectivity index (χ3n) is 8.14. The molecule has 2 heterocycles. The number of likely N-dealkylation sites (N-methyl/N-ethyl adjacent to an activating group) is 2. The summed E-state index contributed by atoms with van der Waals surface area (Å²) in [6, 6.07) is 23.0. The van der Waals surface area contributed by atoms with Gasteiger partial charge in [0.2, 0.25) is 0 Å². The Bertz CT molecular complexity index is 1400. The van der Waals surface area contributed by atoms with E-state index in [0.717, 1.165) is 60.1 Å². The van der Waals surface area contributed by atoms with Gasteiger partial charge in [0.05, 0.1) is 0 Å². The predicted molar refractivity (Wildman–Crippen MR) is 160 cm³/mol. The molecule has 4 aromatic rings. The number of likely N-dealkylation sites (tertiary alicyclic amines) is 1. The van der Waals surface area contributed by atoms with Gasteiger partial charge in [-0.15, -0.1) is 0 Å². The maximum Gasteiger partial charge on any atom is 0.268 e. The first-order valence-corrected chi connectivity index (χ1v) is 14.2. The van der Waals surface area contributed by atoms with Gasteiger partial charge < -0.3 is 25.0 Å². The Kier molecular flexibility index (Phi) is 8.43. The number of para-hydroxylation sites is 1. The molecule has 1 aliphatic heterocycles. The lowest BCUT2D eigenvalue weighted by Gasteiger charge is -2.24. The van der Waals surface area contributed by atoms with Gasteiger partial charge in [-0.1, -0.05) is 49.4 Å². The molecule has 0 spiro atoms. The van der Waals surface area contributed by atoms with Crippen LogP contribution in [-0.2, 0) is 6.54 Å². The van der Waals surface area contributed by atoms with Gasteiger partial charge in [-0.2, -0.15) is 0 Å². The molecule has 1 aliphatic rings. The molecule has 1 aromatic heterocycles. The number of aromatic nitrogens is 1. The fourth-order valence-corrected chi connectivity index (χ4v) is 6.10. The Morgan fingerprint density at radius 2 is 1.60 bits per heavy atom. The summed E-state index contributed by atoms with van der Waals surface area (Å²) in [5, 5.41) is 24.5. The van der Waals surface area contributed by atoms with Crippen molar-refractivity contribution in [3.8, 4) is 11.5 Å². The Labute approximate surface area is 236 Å². The van der Waals surface area contributed by atoms with Crippen molar-refractivity contribution in [3.63, 3.8) is 0 Å². The highest BCUT2D eigenvalue weighted by molar-refractivity contribution is 6.03. The van der Waals surface area contributed by atoms with E-state index in [2.05, 4.69) is 38.7 Å². The van der Waals surface area contributed by atoms with Gasteiger partial charge in [-0.3, -0.25) is 9.69 Å². The first-order valence-electron chi connectivity index (χ1n) is 14.2. The fourth-order valence-electron chi connectivity index (χ4n) is 6.10. The van der Waals surface area contributed by atoms with Crippen molar-refractivity contribution in [2.45, 2.75) is 38.3 Å². The van der Waals surface area contributed by atoms with Crippen LogP contribution in [0.1, 0.15) is 52.9 Å². The number of hydrogen-bond donors (Lipinski definition) is 3. The summed E-state index contributed by atoms with van der Waals surface area (Å²) in [5.74, 6) is 0.0230. The van der Waals surface area contributed by atoms with Crippen molar-refractivity contribution in [1.82, 2.24) is 19.7 Å². The lowest BCUT2D eigenvalue weighted by atomic mass is 9.83. The number of carbonyl (C=O) groups is 1. The maximum atomic E-state index is 14.3. The second-order valence-corrected chi connectivity index (χ2v) is 11.0. The molecule has 1 atom stereocenters. The second kappa shape index (κ2) is 12.1. The van der Waals surface area contributed by atoms with E-state index in [1.54, 1.807) is 24.3 Å². The maximum absolute atomic E-state index is 14.3. The molecule has 7 heteroatoms. The molecule has 40 heavy (non-hydrogen) atoms. The van der Waals surface area contributed by atoms with Crippen LogP contribution >= 0.6 is 0 Å². The summed E-state index contributed by atoms with van der Waals surface area (Å²) >= 11 is 0. The molecule has 1 amide bonds. The molecule has 5 rings (SSSR count). The van der Waals surface area contributed by atoms with Crippen molar-refractivity contribution in [2.75, 3.05) is 40.3 Å². The summed E-state index contributed by atoms with van der Waals surface area (Å²) in [6.07, 6.45) is 2.25. The zero-order chi connectivity index (χ0) is 28.2. The Balaban J connectivity index is 1.69. The van der Waals surface area contributed by atoms with Crippen molar-refractivity contribution < 1.29 is 15.0 Å². The van der Waals surface area contributed by atoms with Crippen molar-refractivity contribution >= 4 is 16.8 Å². The van der Waals surface area contributed by atoms with Crippen LogP contribution in [0.15, 0.2) is 72.8 Å². The highest BCUT2D eigenvalue weighted by atomic mass is 16.3. The summed E-state index contributed by atoms with van der Waals surface area (Å²) in [4.78, 5) is 18.9. The first kappa shape index (κ1) is 27.7. The average molecular weight is 541 g/mol. The minimum atomic E-state index is -0.286. The zero-order valence-corrected chi connectivity index (χ0v) is 23.7. The van der Waals surface area contributed by atoms with Gasteiger partial charge in [-0.25, -0.2) is 0 Å². The van der Waals surface area contributed by atoms with Crippen LogP contribution in [0.5, 0.6) is 11.5 Å². The van der Waals surface area contributed by atoms with E-state index in [1.165, 1.54) is 0 Å². The normalized spacial score (nSPS) is 15.9. The number of nitrogens with zero attached hydrogens (tertiary/aromatic N) is 3. The monoisotopic (exact) mass is 540 g/mol. The molecule has 0 aliphatic carbocycles. The van der Waals surface area contributed by atoms with Crippen LogP contribution in [0, 0.1) is 0 Å². The number of nitrogens with one attached hydrogen (secondary N) is 1. The van der Waals surface area contributed by atoms with Gasteiger partial charge in [0, 0.05) is 48.1 Å². The third kappa shape index (κ3) is 5.71. The number of hydrogen-bond acceptors (Lipinski definition) is 5. The van der Waals surface area contributed by atoms with E-state index < -0.39 is 0 Å². The van der Waals surface area contributed by atoms with Gasteiger partial charge in [0.25, 0.3) is 5.91 Å². The van der Waals surface area contributed by atoms with E-state index >= 15 is 0 Å². The molecular formula is C33H40N4O3. The summed E-state index contributed by atoms with van der Waals surface area (Å²) < 4.78 is 2.17. The summed E-state index contributed by atoms with van der Waals surface area (Å²) in [6.45, 7) is 6.31. The molecule has 1 fully saturated rings. The molecule has 7 nitrogen and oxygen atoms in total. The molecule has 1 unspecified atom stereocenters. The van der Waals surface area contributed by atoms with Crippen LogP contribution in [0.2, 0.25) is 0 Å². The number of amides is 1. The van der Waals surface area contributed by atoms with Gasteiger partial charge in [-0.05, 0) is 81.5 Å². The molecule has 3 N–H and O–H groups in total. The van der Waals surface area contributed by atoms with Crippen LogP contribution in [0.25, 0.3) is 10.9 Å². The van der Waals surface area contributed by atoms with Crippen molar-refractivity contribution in [3.05, 3.63) is 95.2 Å². The molecule has 0 radical (unpaired) electrons. The standard InChI is InChI=1S/C33H40N4O3/c1-4-36-19-7-8-25(36)22-34-33(40)32-31(28-9-5-6-10-29(28)37(32)21-20-35(2)3)30(23-11-15-26(38)16-12-23)24-13-17-27(39)18-14-24/h5-6,9-18,25,30,38-39H,4,7-8,19-22H2,1-3H3,(H,34,40). The highest BCUT2D eigenvalue weighted by Crippen LogP contribution is 2.41. The SMILES string of the molecule is CCN1CCCC1CNC(=O)c1c(C(c2ccc(O)cc2)c2ccc(O)cc2)c2ccccc2n1CCN(C)C. The van der Waals surface area contributed by atoms with Gasteiger partial charge >= 0.3 is 0 Å². The summed E-state index contributed by atoms with van der Waals surface area (Å²) in [7, 11) is 4.09. The summed E-state index contributed by atoms with van der Waals surface area (Å²) in [5.41, 5.74) is 4.53. The number of phenols is 2. The van der Waals surface area contributed by atoms with E-state index in [0.29, 0.717) is 24.8 Å². The van der Waals surface area contributed by atoms with Gasteiger partial charge in [0.1, 0.15) is 17.2 Å². The molecule has 3 aromatic carbocycles. The Morgan fingerprint density at radius 1 is 0.975 bits per heavy atom. The smallest absolute Gasteiger partial charge is 0.268 e.